The maximum Gasteiger partial charge on any atom is 0.241 e. The van der Waals surface area contributed by atoms with Crippen molar-refractivity contribution < 1.29 is 9.53 Å². The third kappa shape index (κ3) is 4.64. The summed E-state index contributed by atoms with van der Waals surface area (Å²) in [5.74, 6) is 1.41. The van der Waals surface area contributed by atoms with Crippen molar-refractivity contribution in [1.29, 1.82) is 0 Å². The highest BCUT2D eigenvalue weighted by molar-refractivity contribution is 5.95. The van der Waals surface area contributed by atoms with E-state index < -0.39 is 0 Å². The van der Waals surface area contributed by atoms with Crippen molar-refractivity contribution in [3.63, 3.8) is 0 Å². The Bertz CT molecular complexity index is 790. The molecule has 1 aliphatic heterocycles. The Balaban J connectivity index is 1.51. The lowest BCUT2D eigenvalue weighted by atomic mass is 9.78. The van der Waals surface area contributed by atoms with Crippen LogP contribution in [0.5, 0.6) is 5.75 Å². The Labute approximate surface area is 174 Å². The van der Waals surface area contributed by atoms with Crippen molar-refractivity contribution in [3.8, 4) is 5.75 Å². The molecule has 29 heavy (non-hydrogen) atoms. The molecule has 4 heteroatoms. The molecule has 0 bridgehead atoms. The zero-order valence-corrected chi connectivity index (χ0v) is 17.2. The molecular formula is C25H31N2O2. The molecule has 1 saturated heterocycles. The van der Waals surface area contributed by atoms with Gasteiger partial charge in [-0.05, 0) is 74.4 Å². The largest absolute Gasteiger partial charge is 0.497 e. The first-order valence-electron chi connectivity index (χ1n) is 10.8. The Kier molecular flexibility index (Phi) is 6.50. The minimum Gasteiger partial charge on any atom is -0.497 e. The number of carbonyl (C=O) groups excluding carboxylic acids is 1. The Morgan fingerprint density at radius 1 is 1.03 bits per heavy atom. The standard InChI is InChI=1S/C25H31N2O2/c1-29-21-16-14-20(15-17-21)26-25(28)24-13-7-8-18-27(24)23-12-6-5-11-22(23)19-9-3-2-4-10-19/h2-4,7,9-10,14-17,22-24H,5-6,8,11-13,18H2,1H3,(H,26,28). The SMILES string of the molecule is COc1ccc(NC(=O)C2C[CH]CCN2C2CCCCC2c2ccccc2)cc1. The highest BCUT2D eigenvalue weighted by atomic mass is 16.5. The lowest BCUT2D eigenvalue weighted by Crippen LogP contribution is -2.54. The summed E-state index contributed by atoms with van der Waals surface area (Å²) in [6, 6.07) is 18.8. The molecule has 3 atom stereocenters. The van der Waals surface area contributed by atoms with Crippen molar-refractivity contribution in [2.75, 3.05) is 19.0 Å². The fourth-order valence-corrected chi connectivity index (χ4v) is 4.96. The number of amides is 1. The molecule has 1 saturated carbocycles. The van der Waals surface area contributed by atoms with Gasteiger partial charge in [-0.3, -0.25) is 9.69 Å². The quantitative estimate of drug-likeness (QED) is 0.777. The van der Waals surface area contributed by atoms with Gasteiger partial charge in [-0.1, -0.05) is 43.2 Å². The third-order valence-corrected chi connectivity index (χ3v) is 6.43. The molecular weight excluding hydrogens is 360 g/mol. The van der Waals surface area contributed by atoms with E-state index >= 15 is 0 Å². The Hall–Kier alpha value is -2.33. The molecule has 1 amide bonds. The number of carbonyl (C=O) groups is 1. The topological polar surface area (TPSA) is 41.6 Å². The summed E-state index contributed by atoms with van der Waals surface area (Å²) in [6.45, 7) is 0.967. The van der Waals surface area contributed by atoms with Crippen molar-refractivity contribution in [1.82, 2.24) is 4.90 Å². The molecule has 1 heterocycles. The summed E-state index contributed by atoms with van der Waals surface area (Å²) in [7, 11) is 1.65. The van der Waals surface area contributed by atoms with Crippen LogP contribution in [0.3, 0.4) is 0 Å². The number of nitrogens with zero attached hydrogens (tertiary/aromatic N) is 1. The van der Waals surface area contributed by atoms with Gasteiger partial charge in [0.2, 0.25) is 5.91 Å². The number of rotatable bonds is 5. The van der Waals surface area contributed by atoms with Gasteiger partial charge >= 0.3 is 0 Å². The summed E-state index contributed by atoms with van der Waals surface area (Å²) in [4.78, 5) is 15.7. The highest BCUT2D eigenvalue weighted by Gasteiger charge is 2.38. The summed E-state index contributed by atoms with van der Waals surface area (Å²) in [6.07, 6.45) is 9.06. The molecule has 4 nitrogen and oxygen atoms in total. The van der Waals surface area contributed by atoms with Gasteiger partial charge in [0.05, 0.1) is 13.2 Å². The fraction of sp³-hybridized carbons (Fsp3) is 0.440. The van der Waals surface area contributed by atoms with Gasteiger partial charge < -0.3 is 10.1 Å². The van der Waals surface area contributed by atoms with Crippen molar-refractivity contribution in [2.45, 2.75) is 56.5 Å². The van der Waals surface area contributed by atoms with E-state index in [1.54, 1.807) is 7.11 Å². The lowest BCUT2D eigenvalue weighted by Gasteiger charge is -2.45. The Morgan fingerprint density at radius 3 is 2.55 bits per heavy atom. The number of ether oxygens (including phenoxy) is 1. The fourth-order valence-electron chi connectivity index (χ4n) is 4.96. The molecule has 1 radical (unpaired) electrons. The average Bonchev–Trinajstić information content (AvgIpc) is 2.80. The van der Waals surface area contributed by atoms with Gasteiger partial charge in [0.15, 0.2) is 0 Å². The molecule has 1 N–H and O–H groups in total. The van der Waals surface area contributed by atoms with Crippen LogP contribution in [0.4, 0.5) is 5.69 Å². The molecule has 2 fully saturated rings. The number of hydrogen-bond donors (Lipinski definition) is 1. The van der Waals surface area contributed by atoms with E-state index in [-0.39, 0.29) is 11.9 Å². The Morgan fingerprint density at radius 2 is 1.79 bits per heavy atom. The number of anilines is 1. The van der Waals surface area contributed by atoms with Crippen LogP contribution < -0.4 is 10.1 Å². The van der Waals surface area contributed by atoms with E-state index in [4.69, 9.17) is 4.74 Å². The van der Waals surface area contributed by atoms with Crippen molar-refractivity contribution >= 4 is 11.6 Å². The normalized spacial score (nSPS) is 25.3. The van der Waals surface area contributed by atoms with Gasteiger partial charge in [0.1, 0.15) is 5.75 Å². The van der Waals surface area contributed by atoms with E-state index in [0.29, 0.717) is 12.0 Å². The van der Waals surface area contributed by atoms with Gasteiger partial charge in [-0.25, -0.2) is 0 Å². The van der Waals surface area contributed by atoms with E-state index in [1.807, 2.05) is 24.3 Å². The number of hydrogen-bond acceptors (Lipinski definition) is 3. The van der Waals surface area contributed by atoms with Crippen LogP contribution in [0.15, 0.2) is 54.6 Å². The predicted molar refractivity (Wildman–Crippen MR) is 117 cm³/mol. The van der Waals surface area contributed by atoms with Gasteiger partial charge in [-0.15, -0.1) is 0 Å². The molecule has 0 spiro atoms. The summed E-state index contributed by atoms with van der Waals surface area (Å²) in [5, 5.41) is 3.13. The summed E-state index contributed by atoms with van der Waals surface area (Å²) < 4.78 is 5.21. The van der Waals surface area contributed by atoms with Crippen LogP contribution in [0.2, 0.25) is 0 Å². The second-order valence-electron chi connectivity index (χ2n) is 8.15. The zero-order chi connectivity index (χ0) is 20.1. The van der Waals surface area contributed by atoms with E-state index in [2.05, 4.69) is 47.0 Å². The minimum absolute atomic E-state index is 0.0971. The van der Waals surface area contributed by atoms with Gasteiger partial charge in [0, 0.05) is 11.7 Å². The molecule has 4 rings (SSSR count). The number of nitrogens with one attached hydrogen (secondary N) is 1. The van der Waals surface area contributed by atoms with Crippen LogP contribution in [-0.2, 0) is 4.79 Å². The molecule has 1 aliphatic carbocycles. The zero-order valence-electron chi connectivity index (χ0n) is 17.2. The van der Waals surface area contributed by atoms with Crippen molar-refractivity contribution in [3.05, 3.63) is 66.6 Å². The maximum atomic E-state index is 13.2. The van der Waals surface area contributed by atoms with E-state index in [0.717, 1.165) is 30.8 Å². The van der Waals surface area contributed by atoms with Gasteiger partial charge in [0.25, 0.3) is 0 Å². The van der Waals surface area contributed by atoms with E-state index in [1.165, 1.54) is 31.2 Å². The van der Waals surface area contributed by atoms with Crippen LogP contribution in [0.25, 0.3) is 0 Å². The first-order valence-corrected chi connectivity index (χ1v) is 10.8. The number of benzene rings is 2. The summed E-state index contributed by atoms with van der Waals surface area (Å²) in [5.41, 5.74) is 2.24. The van der Waals surface area contributed by atoms with Crippen LogP contribution in [0.1, 0.15) is 50.0 Å². The highest BCUT2D eigenvalue weighted by Crippen LogP contribution is 2.38. The van der Waals surface area contributed by atoms with Crippen LogP contribution in [-0.4, -0.2) is 36.5 Å². The van der Waals surface area contributed by atoms with Gasteiger partial charge in [-0.2, -0.15) is 0 Å². The predicted octanol–water partition coefficient (Wildman–Crippen LogP) is 5.03. The third-order valence-electron chi connectivity index (χ3n) is 6.43. The monoisotopic (exact) mass is 391 g/mol. The molecule has 0 aromatic heterocycles. The number of likely N-dealkylation sites (tertiary alicyclic amines) is 1. The second-order valence-corrected chi connectivity index (χ2v) is 8.15. The molecule has 2 aromatic rings. The summed E-state index contributed by atoms with van der Waals surface area (Å²) >= 11 is 0. The first-order chi connectivity index (χ1) is 14.3. The van der Waals surface area contributed by atoms with E-state index in [9.17, 15) is 4.79 Å². The van der Waals surface area contributed by atoms with Crippen molar-refractivity contribution in [2.24, 2.45) is 0 Å². The average molecular weight is 392 g/mol. The minimum atomic E-state index is -0.0971. The smallest absolute Gasteiger partial charge is 0.241 e. The van der Waals surface area contributed by atoms with Crippen LogP contribution >= 0.6 is 0 Å². The first kappa shape index (κ1) is 20.0. The lowest BCUT2D eigenvalue weighted by molar-refractivity contribution is -0.123. The number of piperidine rings is 1. The maximum absolute atomic E-state index is 13.2. The molecule has 153 valence electrons. The van der Waals surface area contributed by atoms with Crippen LogP contribution in [0, 0.1) is 6.42 Å². The molecule has 2 aromatic carbocycles. The number of methoxy groups -OCH3 is 1. The molecule has 2 aliphatic rings. The molecule has 3 unspecified atom stereocenters. The second kappa shape index (κ2) is 9.45.